The van der Waals surface area contributed by atoms with Gasteiger partial charge in [0, 0.05) is 17.7 Å². The van der Waals surface area contributed by atoms with Crippen LogP contribution in [0.2, 0.25) is 0 Å². The van der Waals surface area contributed by atoms with Crippen LogP contribution < -0.4 is 5.32 Å². The molecule has 12 heavy (non-hydrogen) atoms. The zero-order valence-electron chi connectivity index (χ0n) is 6.23. The lowest BCUT2D eigenvalue weighted by molar-refractivity contribution is 1.09. The van der Waals surface area contributed by atoms with E-state index >= 15 is 0 Å². The molecule has 1 aromatic rings. The van der Waals surface area contributed by atoms with Gasteiger partial charge in [-0.25, -0.2) is 0 Å². The minimum atomic E-state index is 0.543. The third-order valence-electron chi connectivity index (χ3n) is 1.73. The van der Waals surface area contributed by atoms with E-state index in [2.05, 4.69) is 21.9 Å². The molecule has 0 radical (unpaired) electrons. The monoisotopic (exact) mass is 197 g/mol. The van der Waals surface area contributed by atoms with E-state index in [1.807, 2.05) is 0 Å². The summed E-state index contributed by atoms with van der Waals surface area (Å²) >= 11 is 10.0. The predicted molar refractivity (Wildman–Crippen MR) is 53.3 cm³/mol. The molecule has 2 heterocycles. The van der Waals surface area contributed by atoms with Crippen LogP contribution >= 0.6 is 24.4 Å². The van der Waals surface area contributed by atoms with Crippen LogP contribution in [0.1, 0.15) is 5.56 Å². The molecule has 0 aromatic carbocycles. The first-order valence-corrected chi connectivity index (χ1v) is 4.29. The molecule has 1 aromatic heterocycles. The van der Waals surface area contributed by atoms with Crippen molar-refractivity contribution in [1.82, 2.24) is 9.97 Å². The Balaban J connectivity index is 2.76. The number of allylic oxidation sites excluding steroid dienone is 1. The summed E-state index contributed by atoms with van der Waals surface area (Å²) < 4.78 is 1.24. The molecule has 1 aliphatic rings. The fourth-order valence-electron chi connectivity index (χ4n) is 1.22. The van der Waals surface area contributed by atoms with Crippen molar-refractivity contribution in [3.8, 4) is 0 Å². The Kier molecular flexibility index (Phi) is 1.62. The normalized spacial score (nSPS) is 14.2. The van der Waals surface area contributed by atoms with Gasteiger partial charge in [0.15, 0.2) is 4.77 Å². The highest BCUT2D eigenvalue weighted by Gasteiger charge is 2.14. The van der Waals surface area contributed by atoms with Crippen molar-refractivity contribution >= 4 is 30.3 Å². The molecule has 0 bridgehead atoms. The molecule has 0 aliphatic carbocycles. The Morgan fingerprint density at radius 3 is 2.75 bits per heavy atom. The van der Waals surface area contributed by atoms with Gasteiger partial charge in [0.25, 0.3) is 0 Å². The van der Waals surface area contributed by atoms with Gasteiger partial charge in [-0.15, -0.1) is 0 Å². The second-order valence-electron chi connectivity index (χ2n) is 2.67. The zero-order valence-corrected chi connectivity index (χ0v) is 7.86. The van der Waals surface area contributed by atoms with Gasteiger partial charge in [0.2, 0.25) is 0 Å². The molecule has 0 fully saturated rings. The molecule has 0 saturated heterocycles. The second-order valence-corrected chi connectivity index (χ2v) is 3.48. The van der Waals surface area contributed by atoms with Gasteiger partial charge in [0.05, 0.1) is 0 Å². The molecule has 62 valence electrons. The Labute approximate surface area is 79.5 Å². The minimum Gasteiger partial charge on any atom is -0.345 e. The van der Waals surface area contributed by atoms with Crippen LogP contribution in [0, 0.1) is 9.41 Å². The lowest BCUT2D eigenvalue weighted by Gasteiger charge is -1.97. The number of anilines is 1. The third kappa shape index (κ3) is 1.11. The molecule has 0 unspecified atom stereocenters. The van der Waals surface area contributed by atoms with Crippen LogP contribution in [0.4, 0.5) is 5.82 Å². The predicted octanol–water partition coefficient (Wildman–Crippen LogP) is 2.28. The lowest BCUT2D eigenvalue weighted by atomic mass is 10.2. The van der Waals surface area contributed by atoms with Crippen LogP contribution in [0.15, 0.2) is 12.3 Å². The molecule has 1 aliphatic heterocycles. The fourth-order valence-corrected chi connectivity index (χ4v) is 1.77. The summed E-state index contributed by atoms with van der Waals surface area (Å²) in [4.78, 5) is 5.86. The van der Waals surface area contributed by atoms with E-state index in [1.165, 1.54) is 0 Å². The highest BCUT2D eigenvalue weighted by molar-refractivity contribution is 7.72. The van der Waals surface area contributed by atoms with Crippen molar-refractivity contribution in [2.45, 2.75) is 6.42 Å². The van der Waals surface area contributed by atoms with Gasteiger partial charge in [0.1, 0.15) is 10.5 Å². The summed E-state index contributed by atoms with van der Waals surface area (Å²) in [5.41, 5.74) is 1.99. The topological polar surface area (TPSA) is 43.6 Å². The molecule has 5 heteroatoms. The number of rotatable bonds is 0. The summed E-state index contributed by atoms with van der Waals surface area (Å²) in [7, 11) is 0. The number of aromatic amines is 2. The molecule has 3 nitrogen and oxygen atoms in total. The van der Waals surface area contributed by atoms with Crippen LogP contribution in [0.3, 0.4) is 0 Å². The van der Waals surface area contributed by atoms with Crippen molar-refractivity contribution in [2.24, 2.45) is 0 Å². The first-order valence-electron chi connectivity index (χ1n) is 3.47. The van der Waals surface area contributed by atoms with Gasteiger partial charge in [-0.2, -0.15) is 0 Å². The number of hydrogen-bond donors (Lipinski definition) is 3. The number of hydrogen-bond acceptors (Lipinski definition) is 3. The zero-order chi connectivity index (χ0) is 8.72. The maximum Gasteiger partial charge on any atom is 0.177 e. The Bertz CT molecular complexity index is 454. The maximum absolute atomic E-state index is 5.10. The van der Waals surface area contributed by atoms with Gasteiger partial charge in [-0.1, -0.05) is 18.8 Å². The molecular formula is C7H7N3S2. The average Bonchev–Trinajstić information content (AvgIpc) is 2.29. The van der Waals surface area contributed by atoms with E-state index in [1.54, 1.807) is 0 Å². The molecule has 3 N–H and O–H groups in total. The molecule has 2 rings (SSSR count). The van der Waals surface area contributed by atoms with E-state index in [-0.39, 0.29) is 0 Å². The molecule has 0 atom stereocenters. The summed E-state index contributed by atoms with van der Waals surface area (Å²) in [6.45, 7) is 3.81. The second kappa shape index (κ2) is 2.53. The highest BCUT2D eigenvalue weighted by Crippen LogP contribution is 2.24. The van der Waals surface area contributed by atoms with Gasteiger partial charge in [-0.05, 0) is 12.2 Å². The number of aromatic nitrogens is 2. The van der Waals surface area contributed by atoms with Crippen molar-refractivity contribution in [1.29, 1.82) is 0 Å². The largest absolute Gasteiger partial charge is 0.345 e. The van der Waals surface area contributed by atoms with E-state index in [0.717, 1.165) is 23.5 Å². The standard InChI is InChI=1S/C7H7N3S2/c1-3-2-4-5(8-3)9-7(12)10-6(4)11/h1-2H2,(H3,8,9,10,11,12). The Morgan fingerprint density at radius 1 is 1.25 bits per heavy atom. The molecule has 0 spiro atoms. The summed E-state index contributed by atoms with van der Waals surface area (Å²) in [5, 5.41) is 3.08. The third-order valence-corrected chi connectivity index (χ3v) is 2.29. The summed E-state index contributed by atoms with van der Waals surface area (Å²) in [6, 6.07) is 0. The molecular weight excluding hydrogens is 190 g/mol. The van der Waals surface area contributed by atoms with E-state index in [4.69, 9.17) is 24.4 Å². The number of nitrogens with one attached hydrogen (secondary N) is 3. The molecule has 0 saturated carbocycles. The smallest absolute Gasteiger partial charge is 0.177 e. The van der Waals surface area contributed by atoms with Gasteiger partial charge < -0.3 is 15.3 Å². The van der Waals surface area contributed by atoms with Gasteiger partial charge in [-0.3, -0.25) is 0 Å². The van der Waals surface area contributed by atoms with Crippen molar-refractivity contribution in [2.75, 3.05) is 5.32 Å². The molecule has 0 amide bonds. The number of H-pyrrole nitrogens is 2. The van der Waals surface area contributed by atoms with E-state index < -0.39 is 0 Å². The van der Waals surface area contributed by atoms with Gasteiger partial charge >= 0.3 is 0 Å². The first kappa shape index (κ1) is 7.70. The van der Waals surface area contributed by atoms with Crippen molar-refractivity contribution in [3.05, 3.63) is 27.3 Å². The van der Waals surface area contributed by atoms with Crippen molar-refractivity contribution in [3.63, 3.8) is 0 Å². The summed E-state index contributed by atoms with van der Waals surface area (Å²) in [6.07, 6.45) is 0.775. The lowest BCUT2D eigenvalue weighted by Crippen LogP contribution is -1.92. The average molecular weight is 197 g/mol. The summed E-state index contributed by atoms with van der Waals surface area (Å²) in [5.74, 6) is 0.883. The number of fused-ring (bicyclic) bond motifs is 1. The van der Waals surface area contributed by atoms with Crippen molar-refractivity contribution < 1.29 is 0 Å². The highest BCUT2D eigenvalue weighted by atomic mass is 32.1. The van der Waals surface area contributed by atoms with E-state index in [9.17, 15) is 0 Å². The Hall–Kier alpha value is -0.940. The van der Waals surface area contributed by atoms with Crippen LogP contribution in [-0.4, -0.2) is 9.97 Å². The van der Waals surface area contributed by atoms with E-state index in [0.29, 0.717) is 9.41 Å². The minimum absolute atomic E-state index is 0.543. The Morgan fingerprint density at radius 2 is 2.00 bits per heavy atom. The van der Waals surface area contributed by atoms with Crippen LogP contribution in [0.25, 0.3) is 0 Å². The SMILES string of the molecule is C=C1Cc2c([nH]c(=S)[nH]c2=S)N1. The van der Waals surface area contributed by atoms with Crippen LogP contribution in [-0.2, 0) is 6.42 Å². The maximum atomic E-state index is 5.10. The fraction of sp³-hybridized carbons (Fsp3) is 0.143. The first-order chi connectivity index (χ1) is 5.66. The van der Waals surface area contributed by atoms with Crippen LogP contribution in [0.5, 0.6) is 0 Å². The quantitative estimate of drug-likeness (QED) is 0.559.